The molecule has 0 aliphatic heterocycles. The number of urea groups is 1. The molecule has 5 nitrogen and oxygen atoms in total. The van der Waals surface area contributed by atoms with Gasteiger partial charge in [0.2, 0.25) is 0 Å². The molecule has 0 saturated heterocycles. The van der Waals surface area contributed by atoms with Crippen LogP contribution in [-0.4, -0.2) is 38.6 Å². The van der Waals surface area contributed by atoms with Gasteiger partial charge in [-0.05, 0) is 51.5 Å². The number of hydrogen-bond acceptors (Lipinski definition) is 3. The topological polar surface area (TPSA) is 70.0 Å². The Labute approximate surface area is 155 Å². The molecule has 0 fully saturated rings. The Morgan fingerprint density at radius 2 is 1.54 bits per heavy atom. The lowest BCUT2D eigenvalue weighted by Crippen LogP contribution is -2.40. The number of aromatic hydroxyl groups is 1. The van der Waals surface area contributed by atoms with Gasteiger partial charge < -0.3 is 10.0 Å². The van der Waals surface area contributed by atoms with Crippen LogP contribution < -0.4 is 0 Å². The molecule has 0 radical (unpaired) electrons. The number of phenols is 1. The van der Waals surface area contributed by atoms with Crippen molar-refractivity contribution in [3.63, 3.8) is 0 Å². The molecule has 0 aliphatic carbocycles. The van der Waals surface area contributed by atoms with Gasteiger partial charge in [0.15, 0.2) is 0 Å². The van der Waals surface area contributed by atoms with Crippen molar-refractivity contribution in [3.8, 4) is 16.9 Å². The van der Waals surface area contributed by atoms with Gasteiger partial charge in [-0.25, -0.2) is 9.00 Å². The SMILES string of the molecule is CC(C)N(C(=O)N=[S@@](C)(=O)c1ccc(-c2ccccc2O)cc1)C(C)C. The number of rotatable bonds is 4. The van der Waals surface area contributed by atoms with E-state index in [1.54, 1.807) is 41.3 Å². The number of carbonyl (C=O) groups is 1. The molecule has 0 spiro atoms. The third-order valence-corrected chi connectivity index (χ3v) is 5.74. The van der Waals surface area contributed by atoms with Crippen LogP contribution in [0.5, 0.6) is 5.75 Å². The number of benzene rings is 2. The van der Waals surface area contributed by atoms with E-state index in [0.717, 1.165) is 5.56 Å². The molecule has 0 saturated carbocycles. The molecule has 0 unspecified atom stereocenters. The van der Waals surface area contributed by atoms with Gasteiger partial charge >= 0.3 is 6.03 Å². The predicted octanol–water partition coefficient (Wildman–Crippen LogP) is 4.75. The summed E-state index contributed by atoms with van der Waals surface area (Å²) < 4.78 is 17.0. The molecule has 0 aromatic heterocycles. The van der Waals surface area contributed by atoms with Crippen molar-refractivity contribution in [2.24, 2.45) is 4.36 Å². The first-order chi connectivity index (χ1) is 12.1. The Morgan fingerprint density at radius 3 is 2.04 bits per heavy atom. The minimum absolute atomic E-state index is 0.0233. The molecule has 26 heavy (non-hydrogen) atoms. The van der Waals surface area contributed by atoms with Crippen molar-refractivity contribution < 1.29 is 14.1 Å². The lowest BCUT2D eigenvalue weighted by Gasteiger charge is -2.28. The third-order valence-electron chi connectivity index (χ3n) is 4.09. The van der Waals surface area contributed by atoms with E-state index in [9.17, 15) is 14.1 Å². The average Bonchev–Trinajstić information content (AvgIpc) is 2.54. The van der Waals surface area contributed by atoms with Gasteiger partial charge in [-0.3, -0.25) is 0 Å². The van der Waals surface area contributed by atoms with Crippen LogP contribution in [0.4, 0.5) is 4.79 Å². The first-order valence-electron chi connectivity index (χ1n) is 8.56. The predicted molar refractivity (Wildman–Crippen MR) is 106 cm³/mol. The first-order valence-corrected chi connectivity index (χ1v) is 10.5. The van der Waals surface area contributed by atoms with Crippen molar-refractivity contribution in [1.82, 2.24) is 4.90 Å². The fourth-order valence-electron chi connectivity index (χ4n) is 2.89. The van der Waals surface area contributed by atoms with E-state index in [0.29, 0.717) is 10.5 Å². The van der Waals surface area contributed by atoms with E-state index in [1.807, 2.05) is 39.8 Å². The molecule has 2 aromatic rings. The quantitative estimate of drug-likeness (QED) is 0.839. The van der Waals surface area contributed by atoms with Crippen LogP contribution in [0.2, 0.25) is 0 Å². The summed E-state index contributed by atoms with van der Waals surface area (Å²) in [6.07, 6.45) is 1.47. The molecule has 1 N–H and O–H groups in total. The van der Waals surface area contributed by atoms with Crippen molar-refractivity contribution in [2.45, 2.75) is 44.7 Å². The Morgan fingerprint density at radius 1 is 1.00 bits per heavy atom. The van der Waals surface area contributed by atoms with Crippen molar-refractivity contribution in [1.29, 1.82) is 0 Å². The van der Waals surface area contributed by atoms with Gasteiger partial charge in [-0.15, -0.1) is 4.36 Å². The summed E-state index contributed by atoms with van der Waals surface area (Å²) in [7, 11) is -2.86. The van der Waals surface area contributed by atoms with E-state index < -0.39 is 15.8 Å². The van der Waals surface area contributed by atoms with Crippen LogP contribution in [0.3, 0.4) is 0 Å². The molecule has 2 amide bonds. The maximum atomic E-state index is 13.0. The summed E-state index contributed by atoms with van der Waals surface area (Å²) >= 11 is 0. The van der Waals surface area contributed by atoms with Crippen LogP contribution in [-0.2, 0) is 9.73 Å². The zero-order chi connectivity index (χ0) is 19.5. The highest BCUT2D eigenvalue weighted by Gasteiger charge is 2.21. The maximum Gasteiger partial charge on any atom is 0.352 e. The summed E-state index contributed by atoms with van der Waals surface area (Å²) in [4.78, 5) is 14.6. The van der Waals surface area contributed by atoms with Gasteiger partial charge in [0.1, 0.15) is 5.75 Å². The number of para-hydroxylation sites is 1. The van der Waals surface area contributed by atoms with Crippen LogP contribution in [0.1, 0.15) is 27.7 Å². The molecule has 140 valence electrons. The summed E-state index contributed by atoms with van der Waals surface area (Å²) in [5.74, 6) is 0.182. The standard InChI is InChI=1S/C20H26N2O3S/c1-14(2)22(15(3)4)20(24)21-26(5,25)17-12-10-16(11-13-17)18-8-6-7-9-19(18)23/h6-15,23H,1-5H3/t26-/m0/s1. The first kappa shape index (κ1) is 20.0. The minimum atomic E-state index is -2.86. The number of carbonyl (C=O) groups excluding carboxylic acids is 1. The Balaban J connectivity index is 2.36. The van der Waals surface area contributed by atoms with Gasteiger partial charge in [-0.2, -0.15) is 0 Å². The largest absolute Gasteiger partial charge is 0.507 e. The van der Waals surface area contributed by atoms with Gasteiger partial charge in [-0.1, -0.05) is 30.3 Å². The molecule has 2 aromatic carbocycles. The summed E-state index contributed by atoms with van der Waals surface area (Å²) in [6, 6.07) is 13.4. The van der Waals surface area contributed by atoms with E-state index in [2.05, 4.69) is 4.36 Å². The molecular formula is C20H26N2O3S. The van der Waals surface area contributed by atoms with Crippen LogP contribution in [0.25, 0.3) is 11.1 Å². The number of hydrogen-bond donors (Lipinski definition) is 1. The van der Waals surface area contributed by atoms with Gasteiger partial charge in [0, 0.05) is 28.8 Å². The summed E-state index contributed by atoms with van der Waals surface area (Å²) in [6.45, 7) is 7.64. The number of nitrogens with zero attached hydrogens (tertiary/aromatic N) is 2. The van der Waals surface area contributed by atoms with E-state index in [-0.39, 0.29) is 17.8 Å². The Hall–Kier alpha value is -2.34. The second kappa shape index (κ2) is 7.91. The van der Waals surface area contributed by atoms with E-state index >= 15 is 0 Å². The van der Waals surface area contributed by atoms with Crippen molar-refractivity contribution in [3.05, 3.63) is 48.5 Å². The van der Waals surface area contributed by atoms with Crippen LogP contribution in [0, 0.1) is 0 Å². The minimum Gasteiger partial charge on any atom is -0.507 e. The Kier molecular flexibility index (Phi) is 6.08. The summed E-state index contributed by atoms with van der Waals surface area (Å²) in [5.41, 5.74) is 1.50. The zero-order valence-corrected chi connectivity index (χ0v) is 16.7. The fourth-order valence-corrected chi connectivity index (χ4v) is 4.03. The molecule has 6 heteroatoms. The molecule has 0 aliphatic rings. The zero-order valence-electron chi connectivity index (χ0n) is 15.8. The highest BCUT2D eigenvalue weighted by atomic mass is 32.2. The number of phenolic OH excluding ortho intramolecular Hbond substituents is 1. The molecule has 0 bridgehead atoms. The van der Waals surface area contributed by atoms with Crippen molar-refractivity contribution >= 4 is 15.8 Å². The molecule has 0 heterocycles. The lowest BCUT2D eigenvalue weighted by molar-refractivity contribution is 0.175. The smallest absolute Gasteiger partial charge is 0.352 e. The molecule has 1 atom stereocenters. The monoisotopic (exact) mass is 374 g/mol. The highest BCUT2D eigenvalue weighted by molar-refractivity contribution is 7.93. The highest BCUT2D eigenvalue weighted by Crippen LogP contribution is 2.29. The second-order valence-electron chi connectivity index (χ2n) is 6.81. The van der Waals surface area contributed by atoms with Gasteiger partial charge in [0.25, 0.3) is 0 Å². The van der Waals surface area contributed by atoms with Crippen LogP contribution >= 0.6 is 0 Å². The molecule has 2 rings (SSSR count). The van der Waals surface area contributed by atoms with Crippen LogP contribution in [0.15, 0.2) is 57.8 Å². The number of amides is 2. The van der Waals surface area contributed by atoms with Crippen molar-refractivity contribution in [2.75, 3.05) is 6.26 Å². The Bertz CT molecular complexity index is 888. The fraction of sp³-hybridized carbons (Fsp3) is 0.350. The van der Waals surface area contributed by atoms with E-state index in [4.69, 9.17) is 0 Å². The van der Waals surface area contributed by atoms with E-state index in [1.165, 1.54) is 6.26 Å². The third kappa shape index (κ3) is 4.43. The summed E-state index contributed by atoms with van der Waals surface area (Å²) in [5, 5.41) is 9.95. The maximum absolute atomic E-state index is 13.0. The van der Waals surface area contributed by atoms with Gasteiger partial charge in [0.05, 0.1) is 9.73 Å². The normalized spacial score (nSPS) is 13.5. The molecular weight excluding hydrogens is 348 g/mol. The second-order valence-corrected chi connectivity index (χ2v) is 9.07. The lowest BCUT2D eigenvalue weighted by atomic mass is 10.1. The average molecular weight is 375 g/mol.